The van der Waals surface area contributed by atoms with Gasteiger partial charge in [0, 0.05) is 30.3 Å². The molecule has 0 aliphatic rings. The largest absolute Gasteiger partial charge is 0.384 e. The maximum absolute atomic E-state index is 13.7. The highest BCUT2D eigenvalue weighted by Gasteiger charge is 2.15. The molecule has 0 atom stereocenters. The summed E-state index contributed by atoms with van der Waals surface area (Å²) in [6, 6.07) is 21.1. The molecule has 5 rings (SSSR count). The number of nitrogens with one attached hydrogen (secondary N) is 2. The van der Waals surface area contributed by atoms with Crippen LogP contribution in [-0.4, -0.2) is 25.8 Å². The first-order valence-corrected chi connectivity index (χ1v) is 11.7. The molecule has 0 bridgehead atoms. The van der Waals surface area contributed by atoms with Crippen LogP contribution in [0.15, 0.2) is 77.7 Å². The number of amidine groups is 2. The van der Waals surface area contributed by atoms with Gasteiger partial charge < -0.3 is 20.6 Å². The molecule has 0 fully saturated rings. The summed E-state index contributed by atoms with van der Waals surface area (Å²) in [5, 5.41) is 17.5. The van der Waals surface area contributed by atoms with Gasteiger partial charge >= 0.3 is 0 Å². The molecular formula is C28H27N7O. The predicted octanol–water partition coefficient (Wildman–Crippen LogP) is 3.58. The Morgan fingerprint density at radius 2 is 1.58 bits per heavy atom. The monoisotopic (exact) mass is 477 g/mol. The Bertz CT molecular complexity index is 1710. The first-order valence-electron chi connectivity index (χ1n) is 11.7. The zero-order valence-corrected chi connectivity index (χ0v) is 20.0. The lowest BCUT2D eigenvalue weighted by Crippen LogP contribution is -2.22. The summed E-state index contributed by atoms with van der Waals surface area (Å²) < 4.78 is 3.66. The van der Waals surface area contributed by atoms with E-state index in [1.165, 1.54) is 0 Å². The highest BCUT2D eigenvalue weighted by molar-refractivity contribution is 5.99. The first-order chi connectivity index (χ1) is 17.3. The maximum atomic E-state index is 13.7. The molecule has 180 valence electrons. The van der Waals surface area contributed by atoms with Crippen LogP contribution in [0.5, 0.6) is 0 Å². The van der Waals surface area contributed by atoms with E-state index in [0.717, 1.165) is 27.7 Å². The van der Waals surface area contributed by atoms with Crippen LogP contribution >= 0.6 is 0 Å². The van der Waals surface area contributed by atoms with E-state index in [2.05, 4.69) is 0 Å². The number of nitrogens with two attached hydrogens (primary N) is 2. The lowest BCUT2D eigenvalue weighted by atomic mass is 10.0. The van der Waals surface area contributed by atoms with Crippen LogP contribution in [0.2, 0.25) is 0 Å². The van der Waals surface area contributed by atoms with E-state index in [9.17, 15) is 4.79 Å². The van der Waals surface area contributed by atoms with E-state index in [1.54, 1.807) is 16.8 Å². The Balaban J connectivity index is 1.55. The molecule has 0 saturated carbocycles. The van der Waals surface area contributed by atoms with Gasteiger partial charge in [0.05, 0.1) is 12.1 Å². The average molecular weight is 478 g/mol. The first kappa shape index (κ1) is 23.0. The smallest absolute Gasteiger partial charge is 0.277 e. The number of benzene rings is 3. The van der Waals surface area contributed by atoms with Crippen LogP contribution < -0.4 is 17.0 Å². The Morgan fingerprint density at radius 1 is 0.861 bits per heavy atom. The number of aryl methyl sites for hydroxylation is 1. The summed E-state index contributed by atoms with van der Waals surface area (Å²) >= 11 is 0. The topological polar surface area (TPSA) is 140 Å². The Labute approximate surface area is 207 Å². The fourth-order valence-electron chi connectivity index (χ4n) is 4.57. The van der Waals surface area contributed by atoms with E-state index < -0.39 is 0 Å². The zero-order valence-electron chi connectivity index (χ0n) is 20.0. The van der Waals surface area contributed by atoms with Crippen molar-refractivity contribution in [2.75, 3.05) is 0 Å². The summed E-state index contributed by atoms with van der Waals surface area (Å²) in [5.74, 6) is 0.865. The van der Waals surface area contributed by atoms with Crippen LogP contribution in [0.25, 0.3) is 21.8 Å². The van der Waals surface area contributed by atoms with Crippen molar-refractivity contribution in [2.24, 2.45) is 11.5 Å². The Hall–Kier alpha value is -4.72. The summed E-state index contributed by atoms with van der Waals surface area (Å²) in [7, 11) is 0. The van der Waals surface area contributed by atoms with Crippen molar-refractivity contribution in [1.29, 1.82) is 10.8 Å². The van der Waals surface area contributed by atoms with Crippen molar-refractivity contribution in [3.05, 3.63) is 111 Å². The van der Waals surface area contributed by atoms with Gasteiger partial charge in [-0.25, -0.2) is 4.98 Å². The molecule has 36 heavy (non-hydrogen) atoms. The summed E-state index contributed by atoms with van der Waals surface area (Å²) in [6.07, 6.45) is 2.47. The lowest BCUT2D eigenvalue weighted by molar-refractivity contribution is 0.729. The molecule has 0 saturated heterocycles. The molecule has 0 aliphatic carbocycles. The van der Waals surface area contributed by atoms with Gasteiger partial charge in [-0.3, -0.25) is 15.6 Å². The third-order valence-electron chi connectivity index (χ3n) is 6.41. The number of fused-ring (bicyclic) bond motifs is 2. The molecular weight excluding hydrogens is 450 g/mol. The number of aromatic nitrogens is 3. The van der Waals surface area contributed by atoms with Crippen molar-refractivity contribution < 1.29 is 0 Å². The van der Waals surface area contributed by atoms with Crippen LogP contribution in [0, 0.1) is 10.8 Å². The van der Waals surface area contributed by atoms with Crippen LogP contribution in [0.4, 0.5) is 0 Å². The van der Waals surface area contributed by atoms with Gasteiger partial charge in [0.15, 0.2) is 0 Å². The third-order valence-corrected chi connectivity index (χ3v) is 6.41. The number of rotatable bonds is 7. The van der Waals surface area contributed by atoms with Crippen molar-refractivity contribution in [1.82, 2.24) is 14.1 Å². The van der Waals surface area contributed by atoms with Crippen molar-refractivity contribution in [3.63, 3.8) is 0 Å². The zero-order chi connectivity index (χ0) is 25.4. The van der Waals surface area contributed by atoms with E-state index in [0.29, 0.717) is 41.7 Å². The van der Waals surface area contributed by atoms with Gasteiger partial charge in [0.1, 0.15) is 23.0 Å². The summed E-state index contributed by atoms with van der Waals surface area (Å²) in [4.78, 5) is 18.4. The van der Waals surface area contributed by atoms with Gasteiger partial charge in [0.2, 0.25) is 0 Å². The maximum Gasteiger partial charge on any atom is 0.277 e. The SMILES string of the molecule is CCc1nc2ccn(Cc3ccc4ccc(C(=N)N)cc4c3)c(=O)c2n1Cc1cccc(C(=N)N)c1. The molecule has 0 radical (unpaired) electrons. The average Bonchev–Trinajstić information content (AvgIpc) is 3.23. The predicted molar refractivity (Wildman–Crippen MR) is 144 cm³/mol. The second-order valence-electron chi connectivity index (χ2n) is 8.87. The Morgan fingerprint density at radius 3 is 2.33 bits per heavy atom. The van der Waals surface area contributed by atoms with Gasteiger partial charge in [-0.05, 0) is 46.2 Å². The van der Waals surface area contributed by atoms with Crippen molar-refractivity contribution in [3.8, 4) is 0 Å². The van der Waals surface area contributed by atoms with Crippen molar-refractivity contribution >= 4 is 33.5 Å². The molecule has 2 aromatic heterocycles. The fraction of sp³-hybridized carbons (Fsp3) is 0.143. The normalized spacial score (nSPS) is 11.2. The highest BCUT2D eigenvalue weighted by Crippen LogP contribution is 2.20. The van der Waals surface area contributed by atoms with Crippen LogP contribution in [0.3, 0.4) is 0 Å². The summed E-state index contributed by atoms with van der Waals surface area (Å²) in [5.41, 5.74) is 15.7. The summed E-state index contributed by atoms with van der Waals surface area (Å²) in [6.45, 7) is 2.89. The molecule has 8 heteroatoms. The van der Waals surface area contributed by atoms with Gasteiger partial charge in [0.25, 0.3) is 5.56 Å². The minimum Gasteiger partial charge on any atom is -0.384 e. The van der Waals surface area contributed by atoms with Gasteiger partial charge in [-0.15, -0.1) is 0 Å². The quantitative estimate of drug-likeness (QED) is 0.210. The number of nitrogens with zero attached hydrogens (tertiary/aromatic N) is 3. The number of pyridine rings is 1. The number of imidazole rings is 1. The number of hydrogen-bond donors (Lipinski definition) is 4. The molecule has 0 spiro atoms. The molecule has 5 aromatic rings. The minimum atomic E-state index is -0.111. The molecule has 6 N–H and O–H groups in total. The minimum absolute atomic E-state index is 0.0104. The standard InChI is InChI=1S/C28H27N7O/c1-2-24-33-23-10-11-34(15-18-6-7-19-8-9-21(27(31)32)14-22(19)13-18)28(36)25(23)35(24)16-17-4-3-5-20(12-17)26(29)30/h3-14H,2,15-16H2,1H3,(H3,29,30)(H3,31,32). The van der Waals surface area contributed by atoms with Gasteiger partial charge in [-0.1, -0.05) is 49.4 Å². The van der Waals surface area contributed by atoms with Crippen LogP contribution in [-0.2, 0) is 19.5 Å². The fourth-order valence-corrected chi connectivity index (χ4v) is 4.57. The number of nitrogen functional groups attached to an aromatic ring is 2. The van der Waals surface area contributed by atoms with E-state index in [1.807, 2.05) is 72.2 Å². The van der Waals surface area contributed by atoms with Crippen LogP contribution in [0.1, 0.15) is 35.0 Å². The molecule has 0 amide bonds. The molecule has 0 aliphatic heterocycles. The highest BCUT2D eigenvalue weighted by atomic mass is 16.1. The van der Waals surface area contributed by atoms with E-state index in [4.69, 9.17) is 27.3 Å². The second kappa shape index (κ2) is 9.14. The van der Waals surface area contributed by atoms with Crippen molar-refractivity contribution in [2.45, 2.75) is 26.4 Å². The number of hydrogen-bond acceptors (Lipinski definition) is 4. The molecule has 2 heterocycles. The molecule has 8 nitrogen and oxygen atoms in total. The second-order valence-corrected chi connectivity index (χ2v) is 8.87. The van der Waals surface area contributed by atoms with E-state index in [-0.39, 0.29) is 17.2 Å². The lowest BCUT2D eigenvalue weighted by Gasteiger charge is -2.11. The molecule has 3 aromatic carbocycles. The molecule has 0 unspecified atom stereocenters. The Kier molecular flexibility index (Phi) is 5.85. The van der Waals surface area contributed by atoms with Gasteiger partial charge in [-0.2, -0.15) is 0 Å². The third kappa shape index (κ3) is 4.24. The van der Waals surface area contributed by atoms with E-state index >= 15 is 0 Å².